The first-order chi connectivity index (χ1) is 15.2. The number of H-pyrrole nitrogens is 1. The van der Waals surface area contributed by atoms with Crippen LogP contribution in [0.2, 0.25) is 0 Å². The molecule has 5 heterocycles. The van der Waals surface area contributed by atoms with Crippen LogP contribution < -0.4 is 10.6 Å². The minimum absolute atomic E-state index is 0.421. The number of fused-ring (bicyclic) bond motifs is 3. The fraction of sp³-hybridized carbons (Fsp3) is 0.478. The zero-order valence-electron chi connectivity index (χ0n) is 18.0. The molecule has 2 saturated heterocycles. The Hall–Kier alpha value is -3.00. The number of pyridine rings is 2. The van der Waals surface area contributed by atoms with Crippen molar-refractivity contribution in [2.24, 2.45) is 4.99 Å². The normalized spacial score (nSPS) is 23.2. The smallest absolute Gasteiger partial charge is 0.153 e. The third kappa shape index (κ3) is 4.25. The summed E-state index contributed by atoms with van der Waals surface area (Å²) in [5.41, 5.74) is 1.93. The molecule has 0 aromatic carbocycles. The van der Waals surface area contributed by atoms with Crippen molar-refractivity contribution < 1.29 is 0 Å². The number of aromatic nitrogens is 4. The third-order valence-electron chi connectivity index (χ3n) is 6.52. The number of aliphatic imine (C=N–C) groups is 1. The SMILES string of the molecule is C=NCCCN1[C@@H]2CC[C@H]1CC(Nc1nc(Nc3cc(C)[nH]n3)cc3ncccc13)C2. The Kier molecular flexibility index (Phi) is 5.55. The molecule has 0 spiro atoms. The number of rotatable bonds is 8. The second-order valence-electron chi connectivity index (χ2n) is 8.72. The zero-order chi connectivity index (χ0) is 21.2. The summed E-state index contributed by atoms with van der Waals surface area (Å²) in [5.74, 6) is 2.40. The van der Waals surface area contributed by atoms with Gasteiger partial charge in [-0.3, -0.25) is 15.0 Å². The highest BCUT2D eigenvalue weighted by molar-refractivity contribution is 5.91. The van der Waals surface area contributed by atoms with E-state index in [2.05, 4.69) is 48.5 Å². The van der Waals surface area contributed by atoms with Gasteiger partial charge in [0.15, 0.2) is 5.82 Å². The summed E-state index contributed by atoms with van der Waals surface area (Å²) in [4.78, 5) is 16.2. The van der Waals surface area contributed by atoms with Crippen molar-refractivity contribution in [1.82, 2.24) is 25.1 Å². The average Bonchev–Trinajstić information content (AvgIpc) is 3.27. The van der Waals surface area contributed by atoms with Crippen LogP contribution in [0.1, 0.15) is 37.8 Å². The molecule has 5 rings (SSSR count). The van der Waals surface area contributed by atoms with Crippen molar-refractivity contribution in [3.05, 3.63) is 36.2 Å². The Balaban J connectivity index is 1.35. The van der Waals surface area contributed by atoms with Gasteiger partial charge in [-0.15, -0.1) is 0 Å². The molecular weight excluding hydrogens is 388 g/mol. The maximum absolute atomic E-state index is 4.90. The van der Waals surface area contributed by atoms with Gasteiger partial charge in [0.1, 0.15) is 11.6 Å². The fourth-order valence-electron chi connectivity index (χ4n) is 5.18. The lowest BCUT2D eigenvalue weighted by molar-refractivity contribution is 0.132. The molecule has 8 nitrogen and oxygen atoms in total. The van der Waals surface area contributed by atoms with E-state index in [1.807, 2.05) is 31.3 Å². The number of piperidine rings is 1. The topological polar surface area (TPSA) is 94.1 Å². The van der Waals surface area contributed by atoms with Gasteiger partial charge < -0.3 is 15.6 Å². The molecule has 0 saturated carbocycles. The molecule has 0 radical (unpaired) electrons. The van der Waals surface area contributed by atoms with Crippen LogP contribution in [-0.2, 0) is 0 Å². The van der Waals surface area contributed by atoms with Gasteiger partial charge in [-0.05, 0) is 57.9 Å². The third-order valence-corrected chi connectivity index (χ3v) is 6.52. The van der Waals surface area contributed by atoms with Crippen LogP contribution in [0.4, 0.5) is 17.5 Å². The maximum atomic E-state index is 4.90. The zero-order valence-corrected chi connectivity index (χ0v) is 18.0. The number of aromatic amines is 1. The van der Waals surface area contributed by atoms with Crippen LogP contribution >= 0.6 is 0 Å². The standard InChI is InChI=1S/C23H30N8/c1-15-11-22(30-29-15)27-21-14-20-19(5-3-9-25-20)23(28-21)26-16-12-17-6-7-18(13-16)31(17)10-4-8-24-2/h3,5,9,11,14,16-18H,2,4,6-8,10,12-13H2,1H3,(H3,26,27,28,29,30)/t16?,17-,18+. The Morgan fingerprint density at radius 1 is 1.23 bits per heavy atom. The molecule has 162 valence electrons. The molecule has 8 heteroatoms. The molecule has 2 aliphatic heterocycles. The van der Waals surface area contributed by atoms with E-state index in [9.17, 15) is 0 Å². The molecule has 3 aromatic rings. The van der Waals surface area contributed by atoms with Gasteiger partial charge in [0.25, 0.3) is 0 Å². The Bertz CT molecular complexity index is 1050. The van der Waals surface area contributed by atoms with Crippen molar-refractivity contribution in [3.8, 4) is 0 Å². The van der Waals surface area contributed by atoms with Crippen molar-refractivity contribution in [3.63, 3.8) is 0 Å². The molecule has 1 unspecified atom stereocenters. The first kappa shape index (κ1) is 19.9. The van der Waals surface area contributed by atoms with Crippen LogP contribution in [0.15, 0.2) is 35.5 Å². The van der Waals surface area contributed by atoms with E-state index in [0.717, 1.165) is 66.4 Å². The first-order valence-electron chi connectivity index (χ1n) is 11.2. The number of aryl methyl sites for hydroxylation is 1. The monoisotopic (exact) mass is 418 g/mol. The van der Waals surface area contributed by atoms with Gasteiger partial charge in [0.05, 0.1) is 5.52 Å². The van der Waals surface area contributed by atoms with Crippen molar-refractivity contribution in [1.29, 1.82) is 0 Å². The number of nitrogens with one attached hydrogen (secondary N) is 3. The van der Waals surface area contributed by atoms with Gasteiger partial charge in [-0.2, -0.15) is 5.10 Å². The summed E-state index contributed by atoms with van der Waals surface area (Å²) in [5, 5.41) is 15.4. The van der Waals surface area contributed by atoms with E-state index in [4.69, 9.17) is 4.98 Å². The van der Waals surface area contributed by atoms with Crippen LogP contribution in [0, 0.1) is 6.92 Å². The van der Waals surface area contributed by atoms with Crippen LogP contribution in [0.3, 0.4) is 0 Å². The lowest BCUT2D eigenvalue weighted by Crippen LogP contribution is -2.47. The fourth-order valence-corrected chi connectivity index (χ4v) is 5.18. The Morgan fingerprint density at radius 2 is 2.06 bits per heavy atom. The Morgan fingerprint density at radius 3 is 2.81 bits per heavy atom. The maximum Gasteiger partial charge on any atom is 0.153 e. The molecule has 2 fully saturated rings. The van der Waals surface area contributed by atoms with E-state index in [0.29, 0.717) is 18.1 Å². The summed E-state index contributed by atoms with van der Waals surface area (Å²) in [6.07, 6.45) is 7.81. The average molecular weight is 419 g/mol. The summed E-state index contributed by atoms with van der Waals surface area (Å²) < 4.78 is 0. The summed E-state index contributed by atoms with van der Waals surface area (Å²) in [6, 6.07) is 9.73. The van der Waals surface area contributed by atoms with Gasteiger partial charge in [0.2, 0.25) is 0 Å². The molecular formula is C23H30N8. The second kappa shape index (κ2) is 8.63. The number of nitrogens with zero attached hydrogens (tertiary/aromatic N) is 5. The quantitative estimate of drug-likeness (QED) is 0.379. The summed E-state index contributed by atoms with van der Waals surface area (Å²) in [7, 11) is 0. The predicted octanol–water partition coefficient (Wildman–Crippen LogP) is 3.90. The highest BCUT2D eigenvalue weighted by Gasteiger charge is 2.40. The highest BCUT2D eigenvalue weighted by Crippen LogP contribution is 2.37. The van der Waals surface area contributed by atoms with Gasteiger partial charge in [-0.1, -0.05) is 0 Å². The lowest BCUT2D eigenvalue weighted by Gasteiger charge is -2.39. The molecule has 3 atom stereocenters. The van der Waals surface area contributed by atoms with E-state index in [-0.39, 0.29) is 0 Å². The molecule has 0 aliphatic carbocycles. The van der Waals surface area contributed by atoms with Crippen LogP contribution in [0.5, 0.6) is 0 Å². The predicted molar refractivity (Wildman–Crippen MR) is 125 cm³/mol. The van der Waals surface area contributed by atoms with Gasteiger partial charge >= 0.3 is 0 Å². The van der Waals surface area contributed by atoms with Crippen molar-refractivity contribution in [2.75, 3.05) is 23.7 Å². The van der Waals surface area contributed by atoms with Gasteiger partial charge in [0, 0.05) is 60.6 Å². The van der Waals surface area contributed by atoms with Crippen LogP contribution in [0.25, 0.3) is 10.9 Å². The summed E-state index contributed by atoms with van der Waals surface area (Å²) >= 11 is 0. The molecule has 3 aromatic heterocycles. The number of anilines is 3. The number of hydrogen-bond acceptors (Lipinski definition) is 7. The minimum atomic E-state index is 0.421. The van der Waals surface area contributed by atoms with E-state index >= 15 is 0 Å². The molecule has 3 N–H and O–H groups in total. The Labute approximate surface area is 182 Å². The minimum Gasteiger partial charge on any atom is -0.367 e. The second-order valence-corrected chi connectivity index (χ2v) is 8.72. The van der Waals surface area contributed by atoms with Crippen molar-refractivity contribution in [2.45, 2.75) is 57.2 Å². The molecule has 2 bridgehead atoms. The largest absolute Gasteiger partial charge is 0.367 e. The van der Waals surface area contributed by atoms with E-state index in [1.54, 1.807) is 0 Å². The van der Waals surface area contributed by atoms with Gasteiger partial charge in [-0.25, -0.2) is 4.98 Å². The van der Waals surface area contributed by atoms with Crippen molar-refractivity contribution >= 4 is 35.1 Å². The lowest BCUT2D eigenvalue weighted by atomic mass is 9.97. The molecule has 0 amide bonds. The highest BCUT2D eigenvalue weighted by atomic mass is 15.2. The molecule has 31 heavy (non-hydrogen) atoms. The summed E-state index contributed by atoms with van der Waals surface area (Å²) in [6.45, 7) is 7.59. The van der Waals surface area contributed by atoms with E-state index < -0.39 is 0 Å². The number of hydrogen-bond donors (Lipinski definition) is 3. The van der Waals surface area contributed by atoms with Crippen LogP contribution in [-0.4, -0.2) is 63.0 Å². The first-order valence-corrected chi connectivity index (χ1v) is 11.2. The molecule has 2 aliphatic rings. The van der Waals surface area contributed by atoms with E-state index in [1.165, 1.54) is 12.8 Å².